The highest BCUT2D eigenvalue weighted by Crippen LogP contribution is 2.41. The molecule has 1 N–H and O–H groups in total. The highest BCUT2D eigenvalue weighted by atomic mass is 19.1. The highest BCUT2D eigenvalue weighted by Gasteiger charge is 2.44. The van der Waals surface area contributed by atoms with Gasteiger partial charge in [-0.1, -0.05) is 18.1 Å². The molecule has 2 aromatic heterocycles. The number of hydrogen-bond donors (Lipinski definition) is 1. The molecule has 264 valence electrons. The second-order valence-electron chi connectivity index (χ2n) is 13.5. The van der Waals surface area contributed by atoms with Crippen molar-refractivity contribution in [3.05, 3.63) is 83.7 Å². The topological polar surface area (TPSA) is 108 Å². The lowest BCUT2D eigenvalue weighted by Crippen LogP contribution is -2.56. The molecule has 0 spiro atoms. The first kappa shape index (κ1) is 33.4. The zero-order valence-electron chi connectivity index (χ0n) is 28.3. The van der Waals surface area contributed by atoms with Gasteiger partial charge in [0.1, 0.15) is 29.5 Å². The Morgan fingerprint density at radius 3 is 2.54 bits per heavy atom. The fourth-order valence-electron chi connectivity index (χ4n) is 7.87. The van der Waals surface area contributed by atoms with Crippen LogP contribution >= 0.6 is 0 Å². The summed E-state index contributed by atoms with van der Waals surface area (Å²) in [7, 11) is 2.02. The van der Waals surface area contributed by atoms with E-state index in [4.69, 9.17) is 16.1 Å². The molecule has 5 aromatic rings. The van der Waals surface area contributed by atoms with Crippen LogP contribution in [-0.4, -0.2) is 92.2 Å². The van der Waals surface area contributed by atoms with Crippen LogP contribution in [0.15, 0.2) is 60.7 Å². The molecule has 1 amide bonds. The summed E-state index contributed by atoms with van der Waals surface area (Å²) in [5.74, 6) is -0.289. The van der Waals surface area contributed by atoms with E-state index < -0.39 is 23.4 Å². The number of carbonyl (C=O) groups excluding carboxylic acids is 1. The van der Waals surface area contributed by atoms with Gasteiger partial charge in [0.2, 0.25) is 0 Å². The molecule has 3 aliphatic rings. The van der Waals surface area contributed by atoms with Gasteiger partial charge in [-0.15, -0.1) is 6.42 Å². The van der Waals surface area contributed by atoms with E-state index in [0.717, 1.165) is 25.5 Å². The van der Waals surface area contributed by atoms with Crippen molar-refractivity contribution in [2.24, 2.45) is 0 Å². The van der Waals surface area contributed by atoms with Crippen LogP contribution in [0.3, 0.4) is 0 Å². The Kier molecular flexibility index (Phi) is 8.63. The average Bonchev–Trinajstić information content (AvgIpc) is 3.68. The lowest BCUT2D eigenvalue weighted by Gasteiger charge is -2.41. The number of aromatic hydroxyl groups is 1. The molecular weight excluding hydrogens is 671 g/mol. The Morgan fingerprint density at radius 2 is 1.83 bits per heavy atom. The number of carbonyl (C=O) groups is 1. The summed E-state index contributed by atoms with van der Waals surface area (Å²) >= 11 is 0. The summed E-state index contributed by atoms with van der Waals surface area (Å²) in [6.07, 6.45) is 13.0. The van der Waals surface area contributed by atoms with Gasteiger partial charge in [-0.25, -0.2) is 23.1 Å². The minimum absolute atomic E-state index is 0.0160. The third kappa shape index (κ3) is 5.92. The van der Waals surface area contributed by atoms with Crippen LogP contribution in [0.4, 0.5) is 19.0 Å². The van der Waals surface area contributed by atoms with Gasteiger partial charge in [-0.3, -0.25) is 4.79 Å². The van der Waals surface area contributed by atoms with E-state index in [1.807, 2.05) is 11.9 Å². The van der Waals surface area contributed by atoms with Gasteiger partial charge >= 0.3 is 6.01 Å². The number of piperazine rings is 1. The number of benzene rings is 3. The maximum atomic E-state index is 17.0. The molecule has 0 aliphatic carbocycles. The molecule has 0 saturated carbocycles. The zero-order chi connectivity index (χ0) is 36.1. The number of fused-ring (bicyclic) bond motifs is 4. The van der Waals surface area contributed by atoms with Crippen molar-refractivity contribution in [1.82, 2.24) is 29.7 Å². The maximum absolute atomic E-state index is 17.0. The quantitative estimate of drug-likeness (QED) is 0.164. The van der Waals surface area contributed by atoms with E-state index in [0.29, 0.717) is 49.1 Å². The van der Waals surface area contributed by atoms with E-state index in [-0.39, 0.29) is 63.3 Å². The Morgan fingerprint density at radius 1 is 1.06 bits per heavy atom. The Balaban J connectivity index is 1.19. The fraction of sp³-hybridized carbons (Fsp3) is 0.308. The standard InChI is InChI=1S/C39H34F3N7O3/c1-3-27-31(40)12-7-22-16-26(50)17-30(34(22)27)28-10-11-29-36(35(28)42)45-39(52-21-25-6-4-15-47(25)2)46-37(29)48-19-23-8-9-24(20-48)49(23)38(51)32(41)18-33-43-13-5-14-44-33/h1,5,7,10-14,16-18,23-25,50H,4,6,8-9,15,19-21H2,2H3/b32-18-/t23?,24?,25-/m0/s1. The minimum Gasteiger partial charge on any atom is -0.508 e. The maximum Gasteiger partial charge on any atom is 0.319 e. The number of likely N-dealkylation sites (tertiary alicyclic amines) is 1. The molecule has 0 radical (unpaired) electrons. The summed E-state index contributed by atoms with van der Waals surface area (Å²) < 4.78 is 53.3. The highest BCUT2D eigenvalue weighted by molar-refractivity contribution is 6.04. The number of anilines is 1. The third-order valence-electron chi connectivity index (χ3n) is 10.4. The lowest BCUT2D eigenvalue weighted by molar-refractivity contribution is -0.131. The number of ether oxygens (including phenoxy) is 1. The number of aromatic nitrogens is 4. The smallest absolute Gasteiger partial charge is 0.319 e. The molecule has 5 heterocycles. The van der Waals surface area contributed by atoms with Gasteiger partial charge < -0.3 is 24.5 Å². The van der Waals surface area contributed by atoms with Crippen molar-refractivity contribution in [2.75, 3.05) is 38.2 Å². The van der Waals surface area contributed by atoms with Crippen LogP contribution in [0.2, 0.25) is 0 Å². The molecule has 3 aromatic carbocycles. The average molecular weight is 706 g/mol. The number of hydrogen-bond acceptors (Lipinski definition) is 9. The third-order valence-corrected chi connectivity index (χ3v) is 10.4. The van der Waals surface area contributed by atoms with Gasteiger partial charge in [-0.05, 0) is 80.6 Å². The first-order valence-electron chi connectivity index (χ1n) is 17.2. The monoisotopic (exact) mass is 705 g/mol. The van der Waals surface area contributed by atoms with Crippen LogP contribution in [0.5, 0.6) is 11.8 Å². The Bertz CT molecular complexity index is 2280. The summed E-state index contributed by atoms with van der Waals surface area (Å²) in [6.45, 7) is 1.88. The first-order valence-corrected chi connectivity index (χ1v) is 17.2. The van der Waals surface area contributed by atoms with Gasteiger partial charge in [0.25, 0.3) is 5.91 Å². The number of amides is 1. The molecule has 52 heavy (non-hydrogen) atoms. The molecule has 3 aliphatic heterocycles. The van der Waals surface area contributed by atoms with Crippen LogP contribution in [0.25, 0.3) is 38.9 Å². The number of nitrogens with zero attached hydrogens (tertiary/aromatic N) is 7. The second-order valence-corrected chi connectivity index (χ2v) is 13.5. The van der Waals surface area contributed by atoms with E-state index in [9.17, 15) is 14.3 Å². The Labute approximate surface area is 297 Å². The van der Waals surface area contributed by atoms with E-state index in [1.54, 1.807) is 17.0 Å². The van der Waals surface area contributed by atoms with Gasteiger partial charge in [-0.2, -0.15) is 9.97 Å². The predicted molar refractivity (Wildman–Crippen MR) is 190 cm³/mol. The number of likely N-dealkylation sites (N-methyl/N-ethyl adjacent to an activating group) is 1. The van der Waals surface area contributed by atoms with Gasteiger partial charge in [0, 0.05) is 53.9 Å². The van der Waals surface area contributed by atoms with Crippen LogP contribution < -0.4 is 9.64 Å². The van der Waals surface area contributed by atoms with Crippen molar-refractivity contribution in [2.45, 2.75) is 43.8 Å². The molecule has 10 nitrogen and oxygen atoms in total. The van der Waals surface area contributed by atoms with Crippen molar-refractivity contribution in [3.63, 3.8) is 0 Å². The molecular formula is C39H34F3N7O3. The normalized spacial score (nSPS) is 20.5. The van der Waals surface area contributed by atoms with Crippen LogP contribution in [0, 0.1) is 24.0 Å². The number of phenols is 1. The summed E-state index contributed by atoms with van der Waals surface area (Å²) in [5.41, 5.74) is 0.181. The van der Waals surface area contributed by atoms with Crippen molar-refractivity contribution in [1.29, 1.82) is 0 Å². The molecule has 3 atom stereocenters. The van der Waals surface area contributed by atoms with E-state index >= 15 is 8.78 Å². The minimum atomic E-state index is -0.946. The summed E-state index contributed by atoms with van der Waals surface area (Å²) in [5, 5.41) is 11.7. The molecule has 8 rings (SSSR count). The molecule has 3 saturated heterocycles. The molecule has 3 fully saturated rings. The Hall–Kier alpha value is -5.74. The zero-order valence-corrected chi connectivity index (χ0v) is 28.3. The number of terminal acetylenes is 1. The second kappa shape index (κ2) is 13.4. The summed E-state index contributed by atoms with van der Waals surface area (Å²) in [4.78, 5) is 36.5. The molecule has 2 bridgehead atoms. The number of phenolic OH excluding ortho intramolecular Hbond substituents is 1. The first-order chi connectivity index (χ1) is 25.2. The fourth-order valence-corrected chi connectivity index (χ4v) is 7.87. The van der Waals surface area contributed by atoms with Gasteiger partial charge in [0.05, 0.1) is 17.6 Å². The molecule has 13 heteroatoms. The number of halogens is 3. The van der Waals surface area contributed by atoms with Crippen LogP contribution in [-0.2, 0) is 4.79 Å². The van der Waals surface area contributed by atoms with E-state index in [1.165, 1.54) is 42.7 Å². The largest absolute Gasteiger partial charge is 0.508 e. The van der Waals surface area contributed by atoms with Crippen molar-refractivity contribution in [3.8, 4) is 35.2 Å². The van der Waals surface area contributed by atoms with Crippen LogP contribution in [0.1, 0.15) is 37.1 Å². The van der Waals surface area contributed by atoms with Crippen molar-refractivity contribution < 1.29 is 27.8 Å². The molecule has 2 unspecified atom stereocenters. The summed E-state index contributed by atoms with van der Waals surface area (Å²) in [6, 6.07) is 9.79. The van der Waals surface area contributed by atoms with Crippen molar-refractivity contribution >= 4 is 39.5 Å². The lowest BCUT2D eigenvalue weighted by atomic mass is 9.93. The predicted octanol–water partition coefficient (Wildman–Crippen LogP) is 5.87. The van der Waals surface area contributed by atoms with Gasteiger partial charge in [0.15, 0.2) is 17.5 Å². The SMILES string of the molecule is C#Cc1c(F)ccc2cc(O)cc(-c3ccc4c(N5CC6CCC(C5)N6C(=O)/C(F)=C/c5ncccn5)nc(OC[C@@H]5CCCN5C)nc4c3F)c12. The van der Waals surface area contributed by atoms with E-state index in [2.05, 4.69) is 25.8 Å². The number of rotatable bonds is 7.